The predicted octanol–water partition coefficient (Wildman–Crippen LogP) is 13.3. The summed E-state index contributed by atoms with van der Waals surface area (Å²) in [5.41, 5.74) is 0. The van der Waals surface area contributed by atoms with Crippen molar-refractivity contribution in [2.45, 2.75) is 225 Å². The lowest BCUT2D eigenvalue weighted by Crippen LogP contribution is -2.29. The fourth-order valence-electron chi connectivity index (χ4n) is 6.18. The Morgan fingerprint density at radius 2 is 0.882 bits per heavy atom. The number of phosphoric acid groups is 1. The third-order valence-electron chi connectivity index (χ3n) is 9.51. The van der Waals surface area contributed by atoms with Gasteiger partial charge < -0.3 is 14.4 Å². The molecule has 0 aromatic rings. The second-order valence-corrected chi connectivity index (χ2v) is 16.0. The highest BCUT2D eigenvalue weighted by molar-refractivity contribution is 7.47. The highest BCUT2D eigenvalue weighted by Crippen LogP contribution is 2.42. The molecule has 0 aromatic carbocycles. The fraction of sp³-hybridized carbons (Fsp3) is 0.905. The number of allylic oxidation sites excluding steroid dienone is 2. The Labute approximate surface area is 314 Å². The molecule has 0 aliphatic carbocycles. The maximum absolute atomic E-state index is 12.5. The van der Waals surface area contributed by atoms with Gasteiger partial charge in [-0.05, 0) is 38.5 Å². The quantitative estimate of drug-likeness (QED) is 0.0286. The van der Waals surface area contributed by atoms with Crippen LogP contribution < -0.4 is 0 Å². The maximum Gasteiger partial charge on any atom is 0.472 e. The number of unbranched alkanes of at least 4 members (excludes halogenated alkanes) is 27. The number of phosphoric ester groups is 1. The van der Waals surface area contributed by atoms with Gasteiger partial charge in [-0.3, -0.25) is 18.6 Å². The first-order chi connectivity index (χ1) is 24.8. The first-order valence-electron chi connectivity index (χ1n) is 21.4. The van der Waals surface area contributed by atoms with E-state index in [-0.39, 0.29) is 19.0 Å². The lowest BCUT2D eigenvalue weighted by molar-refractivity contribution is -0.161. The molecular formula is C42H81O8P. The van der Waals surface area contributed by atoms with Crippen LogP contribution in [0.25, 0.3) is 0 Å². The van der Waals surface area contributed by atoms with Gasteiger partial charge in [0.25, 0.3) is 0 Å². The van der Waals surface area contributed by atoms with Crippen molar-refractivity contribution in [3.8, 4) is 0 Å². The number of hydrogen-bond donors (Lipinski definition) is 1. The van der Waals surface area contributed by atoms with Gasteiger partial charge in [0, 0.05) is 20.0 Å². The van der Waals surface area contributed by atoms with Crippen molar-refractivity contribution in [3.05, 3.63) is 12.2 Å². The van der Waals surface area contributed by atoms with Gasteiger partial charge in [0.2, 0.25) is 0 Å². The van der Waals surface area contributed by atoms with E-state index < -0.39 is 26.5 Å². The van der Waals surface area contributed by atoms with E-state index in [4.69, 9.17) is 14.0 Å². The highest BCUT2D eigenvalue weighted by Gasteiger charge is 2.24. The summed E-state index contributed by atoms with van der Waals surface area (Å²) in [4.78, 5) is 34.4. The van der Waals surface area contributed by atoms with E-state index in [0.717, 1.165) is 39.2 Å². The zero-order valence-electron chi connectivity index (χ0n) is 33.5. The van der Waals surface area contributed by atoms with Gasteiger partial charge in [-0.1, -0.05) is 180 Å². The molecule has 51 heavy (non-hydrogen) atoms. The third-order valence-corrected chi connectivity index (χ3v) is 10.4. The van der Waals surface area contributed by atoms with Crippen molar-refractivity contribution >= 4 is 19.8 Å². The molecule has 0 rings (SSSR count). The molecule has 0 radical (unpaired) electrons. The number of hydrogen-bond acceptors (Lipinski definition) is 7. The Kier molecular flexibility index (Phi) is 37.6. The average molecular weight is 745 g/mol. The smallest absolute Gasteiger partial charge is 0.462 e. The van der Waals surface area contributed by atoms with Crippen LogP contribution in [0.4, 0.5) is 0 Å². The molecule has 2 unspecified atom stereocenters. The maximum atomic E-state index is 12.5. The average Bonchev–Trinajstić information content (AvgIpc) is 3.12. The van der Waals surface area contributed by atoms with E-state index in [1.165, 1.54) is 154 Å². The van der Waals surface area contributed by atoms with E-state index in [0.29, 0.717) is 12.8 Å². The highest BCUT2D eigenvalue weighted by atomic mass is 31.2. The molecule has 0 bridgehead atoms. The van der Waals surface area contributed by atoms with E-state index in [1.807, 2.05) is 0 Å². The number of esters is 2. The summed E-state index contributed by atoms with van der Waals surface area (Å²) < 4.78 is 31.9. The fourth-order valence-corrected chi connectivity index (χ4v) is 6.64. The molecular weight excluding hydrogens is 663 g/mol. The van der Waals surface area contributed by atoms with Crippen molar-refractivity contribution in [2.24, 2.45) is 0 Å². The minimum atomic E-state index is -4.25. The Morgan fingerprint density at radius 1 is 0.529 bits per heavy atom. The molecule has 0 aliphatic rings. The lowest BCUT2D eigenvalue weighted by Gasteiger charge is -2.19. The van der Waals surface area contributed by atoms with E-state index >= 15 is 0 Å². The largest absolute Gasteiger partial charge is 0.472 e. The molecule has 0 aliphatic heterocycles. The lowest BCUT2D eigenvalue weighted by atomic mass is 10.1. The number of rotatable bonds is 40. The molecule has 0 fully saturated rings. The molecule has 0 saturated carbocycles. The second kappa shape index (κ2) is 38.5. The van der Waals surface area contributed by atoms with Crippen LogP contribution in [0, 0.1) is 0 Å². The van der Waals surface area contributed by atoms with E-state index in [2.05, 4.69) is 30.5 Å². The molecule has 9 heteroatoms. The van der Waals surface area contributed by atoms with Crippen LogP contribution >= 0.6 is 7.82 Å². The van der Waals surface area contributed by atoms with E-state index in [9.17, 15) is 19.0 Å². The molecule has 0 amide bonds. The van der Waals surface area contributed by atoms with Crippen LogP contribution in [0.3, 0.4) is 0 Å². The Bertz CT molecular complexity index is 849. The summed E-state index contributed by atoms with van der Waals surface area (Å²) in [6.07, 6.45) is 41.2. The Hall–Kier alpha value is -1.21. The van der Waals surface area contributed by atoms with Gasteiger partial charge in [0.15, 0.2) is 6.10 Å². The molecule has 0 saturated heterocycles. The zero-order chi connectivity index (χ0) is 37.5. The van der Waals surface area contributed by atoms with Gasteiger partial charge in [0.1, 0.15) is 6.61 Å². The summed E-state index contributed by atoms with van der Waals surface area (Å²) in [6.45, 7) is 3.89. The van der Waals surface area contributed by atoms with Crippen LogP contribution in [0.5, 0.6) is 0 Å². The van der Waals surface area contributed by atoms with Crippen LogP contribution in [0.1, 0.15) is 219 Å². The van der Waals surface area contributed by atoms with Crippen molar-refractivity contribution in [1.82, 2.24) is 0 Å². The van der Waals surface area contributed by atoms with Crippen molar-refractivity contribution in [3.63, 3.8) is 0 Å². The summed E-state index contributed by atoms with van der Waals surface area (Å²) in [7, 11) is -3.19. The molecule has 2 atom stereocenters. The normalized spacial score (nSPS) is 13.4. The van der Waals surface area contributed by atoms with Gasteiger partial charge >= 0.3 is 19.8 Å². The summed E-state index contributed by atoms with van der Waals surface area (Å²) >= 11 is 0. The molecule has 1 N–H and O–H groups in total. The Balaban J connectivity index is 3.92. The van der Waals surface area contributed by atoms with Crippen molar-refractivity contribution in [1.29, 1.82) is 0 Å². The van der Waals surface area contributed by atoms with Crippen LogP contribution in [-0.2, 0) is 32.7 Å². The molecule has 302 valence electrons. The topological polar surface area (TPSA) is 108 Å². The standard InChI is InChI=1S/C42H81O8P/c1-4-6-8-10-12-14-16-17-18-19-20-21-22-23-24-25-27-29-31-33-35-37-42(44)50-40(39-49-51(45,46)47-3)38-48-41(43)36-34-32-30-28-26-15-13-11-9-7-5-2/h19-20,40H,4-18,21-39H2,1-3H3,(H,45,46)/b20-19-. The molecule has 0 spiro atoms. The second-order valence-electron chi connectivity index (χ2n) is 14.5. The first-order valence-corrected chi connectivity index (χ1v) is 22.9. The summed E-state index contributed by atoms with van der Waals surface area (Å²) in [5, 5.41) is 0. The third kappa shape index (κ3) is 38.3. The Morgan fingerprint density at radius 3 is 1.27 bits per heavy atom. The van der Waals surface area contributed by atoms with Gasteiger partial charge in [-0.25, -0.2) is 4.57 Å². The van der Waals surface area contributed by atoms with Gasteiger partial charge in [-0.2, -0.15) is 0 Å². The molecule has 0 heterocycles. The predicted molar refractivity (Wildman–Crippen MR) is 212 cm³/mol. The first kappa shape index (κ1) is 49.8. The van der Waals surface area contributed by atoms with Crippen LogP contribution in [-0.4, -0.2) is 43.3 Å². The van der Waals surface area contributed by atoms with Crippen LogP contribution in [0.2, 0.25) is 0 Å². The summed E-state index contributed by atoms with van der Waals surface area (Å²) in [5.74, 6) is -0.797. The minimum absolute atomic E-state index is 0.220. The van der Waals surface area contributed by atoms with Crippen molar-refractivity contribution in [2.75, 3.05) is 20.3 Å². The summed E-state index contributed by atoms with van der Waals surface area (Å²) in [6, 6.07) is 0. The zero-order valence-corrected chi connectivity index (χ0v) is 34.4. The van der Waals surface area contributed by atoms with Gasteiger partial charge in [-0.15, -0.1) is 0 Å². The number of ether oxygens (including phenoxy) is 2. The molecule has 0 aromatic heterocycles. The SMILES string of the molecule is CCCCCCCCCC/C=C\CCCCCCCCCCCC(=O)OC(COC(=O)CCCCCCCCCCCCC)COP(=O)(O)OC. The number of carbonyl (C=O) groups excluding carboxylic acids is 2. The van der Waals surface area contributed by atoms with Crippen molar-refractivity contribution < 1.29 is 37.6 Å². The van der Waals surface area contributed by atoms with Gasteiger partial charge in [0.05, 0.1) is 6.61 Å². The number of carbonyl (C=O) groups is 2. The molecule has 8 nitrogen and oxygen atoms in total. The van der Waals surface area contributed by atoms with E-state index in [1.54, 1.807) is 0 Å². The van der Waals surface area contributed by atoms with Crippen LogP contribution in [0.15, 0.2) is 12.2 Å². The monoisotopic (exact) mass is 745 g/mol. The minimum Gasteiger partial charge on any atom is -0.462 e.